The van der Waals surface area contributed by atoms with Crippen molar-refractivity contribution in [2.45, 2.75) is 4.90 Å². The smallest absolute Gasteiger partial charge is 0.306 e. The Morgan fingerprint density at radius 1 is 0.688 bits per heavy atom. The molecule has 158 valence electrons. The second-order valence-electron chi connectivity index (χ2n) is 7.28. The van der Waals surface area contributed by atoms with Crippen LogP contribution in [0, 0.1) is 0 Å². The first-order valence-corrected chi connectivity index (χ1v) is 13.3. The van der Waals surface area contributed by atoms with E-state index in [1.165, 1.54) is 0 Å². The molecule has 1 heterocycles. The molecule has 4 aromatic rings. The monoisotopic (exact) mass is 457 g/mol. The van der Waals surface area contributed by atoms with Gasteiger partial charge >= 0.3 is 7.37 Å². The lowest BCUT2D eigenvalue weighted by molar-refractivity contribution is 0.503. The number of fused-ring (bicyclic) bond motifs is 1. The van der Waals surface area contributed by atoms with Crippen LogP contribution in [0.15, 0.2) is 124 Å². The molecule has 32 heavy (non-hydrogen) atoms. The Morgan fingerprint density at radius 2 is 1.25 bits per heavy atom. The van der Waals surface area contributed by atoms with Gasteiger partial charge in [0.15, 0.2) is 5.75 Å². The van der Waals surface area contributed by atoms with Gasteiger partial charge in [0.1, 0.15) is 15.4 Å². The third kappa shape index (κ3) is 3.70. The number of nitrogens with zero attached hydrogens (tertiary/aromatic N) is 1. The predicted molar refractivity (Wildman–Crippen MR) is 131 cm³/mol. The lowest BCUT2D eigenvalue weighted by Crippen LogP contribution is -2.20. The fourth-order valence-corrected chi connectivity index (χ4v) is 7.30. The van der Waals surface area contributed by atoms with Crippen LogP contribution in [0.1, 0.15) is 5.56 Å². The van der Waals surface area contributed by atoms with Crippen molar-refractivity contribution >= 4 is 39.5 Å². The van der Waals surface area contributed by atoms with Gasteiger partial charge in [-0.25, -0.2) is 4.21 Å². The molecule has 0 saturated heterocycles. The van der Waals surface area contributed by atoms with E-state index in [0.717, 1.165) is 5.56 Å². The van der Waals surface area contributed by atoms with E-state index in [1.807, 2.05) is 66.7 Å². The molecule has 1 aliphatic heterocycles. The summed E-state index contributed by atoms with van der Waals surface area (Å²) in [6.07, 6.45) is 1.79. The van der Waals surface area contributed by atoms with Gasteiger partial charge in [0.25, 0.3) is 0 Å². The van der Waals surface area contributed by atoms with Crippen LogP contribution < -0.4 is 15.1 Å². The van der Waals surface area contributed by atoms with Crippen LogP contribution in [0.2, 0.25) is 0 Å². The summed E-state index contributed by atoms with van der Waals surface area (Å²) in [7, 11) is -6.30. The fraction of sp³-hybridized carbons (Fsp3) is 0. The Hall–Kier alpha value is -3.40. The van der Waals surface area contributed by atoms with Crippen LogP contribution in [0.3, 0.4) is 0 Å². The second-order valence-corrected chi connectivity index (χ2v) is 11.7. The molecule has 0 aromatic heterocycles. The van der Waals surface area contributed by atoms with E-state index in [4.69, 9.17) is 4.52 Å². The van der Waals surface area contributed by atoms with Crippen LogP contribution in [0.5, 0.6) is 5.75 Å². The van der Waals surface area contributed by atoms with Crippen LogP contribution >= 0.6 is 7.37 Å². The van der Waals surface area contributed by atoms with E-state index in [9.17, 15) is 8.77 Å². The van der Waals surface area contributed by atoms with Crippen LogP contribution in [0.25, 0.3) is 6.08 Å². The molecule has 4 nitrogen and oxygen atoms in total. The average molecular weight is 457 g/mol. The van der Waals surface area contributed by atoms with Gasteiger partial charge in [-0.3, -0.25) is 4.57 Å². The predicted octanol–water partition coefficient (Wildman–Crippen LogP) is 6.14. The highest BCUT2D eigenvalue weighted by Crippen LogP contribution is 2.49. The highest BCUT2D eigenvalue weighted by molar-refractivity contribution is 7.96. The summed E-state index contributed by atoms with van der Waals surface area (Å²) < 4.78 is 38.9. The number of hydrogen-bond acceptors (Lipinski definition) is 4. The maximum absolute atomic E-state index is 14.3. The van der Waals surface area contributed by atoms with E-state index in [0.29, 0.717) is 26.9 Å². The van der Waals surface area contributed by atoms with Gasteiger partial charge in [0, 0.05) is 11.0 Å². The van der Waals surface area contributed by atoms with Gasteiger partial charge in [-0.05, 0) is 48.5 Å². The first-order chi connectivity index (χ1) is 15.6. The maximum atomic E-state index is 14.3. The van der Waals surface area contributed by atoms with Gasteiger partial charge in [0.05, 0.1) is 15.5 Å². The van der Waals surface area contributed by atoms with Gasteiger partial charge in [-0.1, -0.05) is 66.7 Å². The average Bonchev–Trinajstić information content (AvgIpc) is 2.86. The molecule has 0 fully saturated rings. The molecule has 1 unspecified atom stereocenters. The minimum absolute atomic E-state index is 0.339. The minimum atomic E-state index is -3.48. The molecule has 4 aromatic carbocycles. The Kier molecular flexibility index (Phi) is 5.30. The van der Waals surface area contributed by atoms with Crippen molar-refractivity contribution in [2.24, 2.45) is 4.36 Å². The molecule has 5 rings (SSSR count). The summed E-state index contributed by atoms with van der Waals surface area (Å²) in [6.45, 7) is 0. The van der Waals surface area contributed by atoms with Crippen molar-refractivity contribution in [3.05, 3.63) is 120 Å². The molecule has 1 atom stereocenters. The Bertz CT molecular complexity index is 1420. The Morgan fingerprint density at radius 3 is 1.84 bits per heavy atom. The van der Waals surface area contributed by atoms with Crippen molar-refractivity contribution < 1.29 is 13.3 Å². The fourth-order valence-electron chi connectivity index (χ4n) is 3.56. The van der Waals surface area contributed by atoms with Crippen LogP contribution in [0.4, 0.5) is 5.69 Å². The maximum Gasteiger partial charge on any atom is 0.306 e. The third-order valence-electron chi connectivity index (χ3n) is 5.19. The number of benzene rings is 4. The molecule has 0 saturated carbocycles. The molecule has 0 N–H and O–H groups in total. The molecular formula is C26H20NO3PS. The summed E-state index contributed by atoms with van der Waals surface area (Å²) >= 11 is 0. The van der Waals surface area contributed by atoms with Crippen molar-refractivity contribution in [3.8, 4) is 5.75 Å². The van der Waals surface area contributed by atoms with E-state index < -0.39 is 17.1 Å². The molecular weight excluding hydrogens is 437 g/mol. The first kappa shape index (κ1) is 20.5. The molecule has 0 amide bonds. The SMILES string of the molecule is O=P(Oc1cccc2c1N=S(=O)(c1ccccc1)C=C2)(c1ccccc1)c1ccccc1. The highest BCUT2D eigenvalue weighted by Gasteiger charge is 2.31. The van der Waals surface area contributed by atoms with E-state index in [2.05, 4.69) is 4.36 Å². The van der Waals surface area contributed by atoms with E-state index in [1.54, 1.807) is 53.9 Å². The summed E-state index contributed by atoms with van der Waals surface area (Å²) in [4.78, 5) is 0.617. The minimum Gasteiger partial charge on any atom is -0.434 e. The Balaban J connectivity index is 1.67. The molecule has 0 spiro atoms. The molecule has 1 aliphatic rings. The summed E-state index contributed by atoms with van der Waals surface area (Å²) in [5.74, 6) is 0.339. The summed E-state index contributed by atoms with van der Waals surface area (Å²) in [5.41, 5.74) is 1.21. The van der Waals surface area contributed by atoms with E-state index >= 15 is 0 Å². The lowest BCUT2D eigenvalue weighted by Gasteiger charge is -2.23. The normalized spacial score (nSPS) is 17.2. The van der Waals surface area contributed by atoms with Gasteiger partial charge in [0.2, 0.25) is 0 Å². The zero-order valence-corrected chi connectivity index (χ0v) is 18.8. The Labute approximate surface area is 187 Å². The molecule has 0 radical (unpaired) electrons. The van der Waals surface area contributed by atoms with Crippen LogP contribution in [-0.4, -0.2) is 4.21 Å². The standard InChI is InChI=1S/C26H20NO3PS/c28-31(22-12-4-1-5-13-22,23-14-6-2-7-15-23)30-25-18-10-11-21-19-20-32(29,27-26(21)25)24-16-8-3-9-17-24/h1-20H. The zero-order valence-electron chi connectivity index (χ0n) is 17.1. The van der Waals surface area contributed by atoms with E-state index in [-0.39, 0.29) is 0 Å². The first-order valence-electron chi connectivity index (χ1n) is 10.1. The van der Waals surface area contributed by atoms with Crippen molar-refractivity contribution in [1.29, 1.82) is 0 Å². The zero-order chi connectivity index (χ0) is 22.0. The van der Waals surface area contributed by atoms with Crippen molar-refractivity contribution in [3.63, 3.8) is 0 Å². The second kappa shape index (κ2) is 8.27. The third-order valence-corrected chi connectivity index (χ3v) is 9.51. The molecule has 0 bridgehead atoms. The highest BCUT2D eigenvalue weighted by atomic mass is 32.2. The summed E-state index contributed by atoms with van der Waals surface area (Å²) in [6, 6.07) is 32.9. The largest absolute Gasteiger partial charge is 0.434 e. The van der Waals surface area contributed by atoms with Gasteiger partial charge in [-0.2, -0.15) is 4.36 Å². The molecule has 0 aliphatic carbocycles. The van der Waals surface area contributed by atoms with Gasteiger partial charge < -0.3 is 4.52 Å². The van der Waals surface area contributed by atoms with Crippen LogP contribution in [-0.2, 0) is 14.3 Å². The summed E-state index contributed by atoms with van der Waals surface area (Å²) in [5, 5.41) is 2.79. The topological polar surface area (TPSA) is 55.7 Å². The number of hydrogen-bond donors (Lipinski definition) is 0. The van der Waals surface area contributed by atoms with Crippen molar-refractivity contribution in [1.82, 2.24) is 0 Å². The van der Waals surface area contributed by atoms with Crippen molar-refractivity contribution in [2.75, 3.05) is 0 Å². The number of rotatable bonds is 5. The quantitative estimate of drug-likeness (QED) is 0.339. The van der Waals surface area contributed by atoms with Gasteiger partial charge in [-0.15, -0.1) is 0 Å². The lowest BCUT2D eigenvalue weighted by atomic mass is 10.1. The molecule has 6 heteroatoms.